The molecule has 1 atom stereocenters. The molecule has 0 aliphatic heterocycles. The molecule has 1 aromatic heterocycles. The molecular weight excluding hydrogens is 272 g/mol. The summed E-state index contributed by atoms with van der Waals surface area (Å²) in [5.74, 6) is -0.105. The molecule has 90 valence electrons. The highest BCUT2D eigenvalue weighted by Crippen LogP contribution is 2.17. The fraction of sp³-hybridized carbons (Fsp3) is 0.545. The van der Waals surface area contributed by atoms with Crippen molar-refractivity contribution >= 4 is 21.8 Å². The predicted octanol–water partition coefficient (Wildman–Crippen LogP) is 2.11. The number of furan rings is 1. The predicted molar refractivity (Wildman–Crippen MR) is 66.5 cm³/mol. The molecule has 5 heteroatoms. The zero-order valence-corrected chi connectivity index (χ0v) is 11.4. The smallest absolute Gasteiger partial charge is 0.255 e. The summed E-state index contributed by atoms with van der Waals surface area (Å²) in [6, 6.07) is 1.80. The van der Waals surface area contributed by atoms with E-state index in [1.807, 2.05) is 21.0 Å². The number of carbonyl (C=O) groups excluding carboxylic acids is 1. The second kappa shape index (κ2) is 6.06. The molecule has 0 spiro atoms. The highest BCUT2D eigenvalue weighted by molar-refractivity contribution is 9.10. The minimum absolute atomic E-state index is 0.105. The van der Waals surface area contributed by atoms with Gasteiger partial charge in [-0.2, -0.15) is 0 Å². The first-order valence-corrected chi connectivity index (χ1v) is 5.98. The number of carbonyl (C=O) groups is 1. The Bertz CT molecular complexity index is 350. The van der Waals surface area contributed by atoms with Crippen molar-refractivity contribution in [2.75, 3.05) is 20.6 Å². The summed E-state index contributed by atoms with van der Waals surface area (Å²) in [6.45, 7) is 2.95. The lowest BCUT2D eigenvalue weighted by atomic mass is 10.2. The molecule has 1 unspecified atom stereocenters. The van der Waals surface area contributed by atoms with Gasteiger partial charge in [0, 0.05) is 6.04 Å². The van der Waals surface area contributed by atoms with Crippen molar-refractivity contribution < 1.29 is 9.21 Å². The fourth-order valence-corrected chi connectivity index (χ4v) is 1.70. The van der Waals surface area contributed by atoms with E-state index in [-0.39, 0.29) is 11.9 Å². The van der Waals surface area contributed by atoms with Crippen LogP contribution >= 0.6 is 15.9 Å². The molecule has 1 rings (SSSR count). The Morgan fingerprint density at radius 1 is 1.62 bits per heavy atom. The van der Waals surface area contributed by atoms with Crippen molar-refractivity contribution in [2.45, 2.75) is 19.4 Å². The number of rotatable bonds is 5. The SMILES string of the molecule is CC(CCN(C)C)NC(=O)c1ccoc1Br. The van der Waals surface area contributed by atoms with E-state index in [1.54, 1.807) is 6.07 Å². The number of halogens is 1. The zero-order valence-electron chi connectivity index (χ0n) is 9.79. The van der Waals surface area contributed by atoms with E-state index in [0.29, 0.717) is 10.2 Å². The Labute approximate surface area is 104 Å². The minimum atomic E-state index is -0.105. The van der Waals surface area contributed by atoms with Crippen molar-refractivity contribution in [2.24, 2.45) is 0 Å². The molecule has 1 amide bonds. The van der Waals surface area contributed by atoms with Crippen LogP contribution in [0.1, 0.15) is 23.7 Å². The van der Waals surface area contributed by atoms with Gasteiger partial charge in [0.15, 0.2) is 4.67 Å². The van der Waals surface area contributed by atoms with Crippen LogP contribution in [0.15, 0.2) is 21.4 Å². The Morgan fingerprint density at radius 2 is 2.31 bits per heavy atom. The maximum atomic E-state index is 11.8. The van der Waals surface area contributed by atoms with Crippen molar-refractivity contribution in [3.63, 3.8) is 0 Å². The zero-order chi connectivity index (χ0) is 12.1. The molecule has 0 aliphatic carbocycles. The highest BCUT2D eigenvalue weighted by atomic mass is 79.9. The summed E-state index contributed by atoms with van der Waals surface area (Å²) in [5, 5.41) is 2.92. The van der Waals surface area contributed by atoms with Gasteiger partial charge in [-0.05, 0) is 56.0 Å². The van der Waals surface area contributed by atoms with Crippen LogP contribution in [-0.4, -0.2) is 37.5 Å². The molecule has 4 nitrogen and oxygen atoms in total. The number of amides is 1. The van der Waals surface area contributed by atoms with Crippen LogP contribution in [0.5, 0.6) is 0 Å². The fourth-order valence-electron chi connectivity index (χ4n) is 1.28. The Kier molecular flexibility index (Phi) is 5.02. The molecule has 0 aromatic carbocycles. The van der Waals surface area contributed by atoms with Gasteiger partial charge in [0.1, 0.15) is 0 Å². The molecule has 0 bridgehead atoms. The molecule has 16 heavy (non-hydrogen) atoms. The van der Waals surface area contributed by atoms with E-state index in [2.05, 4.69) is 26.1 Å². The van der Waals surface area contributed by atoms with Crippen LogP contribution in [0.25, 0.3) is 0 Å². The van der Waals surface area contributed by atoms with Gasteiger partial charge in [0.2, 0.25) is 0 Å². The lowest BCUT2D eigenvalue weighted by Gasteiger charge is -2.16. The standard InChI is InChI=1S/C11H17BrN2O2/c1-8(4-6-14(2)3)13-11(15)9-5-7-16-10(9)12/h5,7-8H,4,6H2,1-3H3,(H,13,15). The molecule has 0 fully saturated rings. The number of nitrogens with one attached hydrogen (secondary N) is 1. The minimum Gasteiger partial charge on any atom is -0.457 e. The van der Waals surface area contributed by atoms with Gasteiger partial charge in [-0.3, -0.25) is 4.79 Å². The van der Waals surface area contributed by atoms with E-state index in [4.69, 9.17) is 4.42 Å². The number of hydrogen-bond acceptors (Lipinski definition) is 3. The summed E-state index contributed by atoms with van der Waals surface area (Å²) in [6.07, 6.45) is 2.41. The first-order chi connectivity index (χ1) is 7.50. The van der Waals surface area contributed by atoms with Crippen LogP contribution in [0.2, 0.25) is 0 Å². The lowest BCUT2D eigenvalue weighted by molar-refractivity contribution is 0.0935. The average molecular weight is 289 g/mol. The van der Waals surface area contributed by atoms with E-state index in [9.17, 15) is 4.79 Å². The summed E-state index contributed by atoms with van der Waals surface area (Å²) in [5.41, 5.74) is 0.539. The summed E-state index contributed by atoms with van der Waals surface area (Å²) < 4.78 is 5.49. The van der Waals surface area contributed by atoms with Crippen LogP contribution in [-0.2, 0) is 0 Å². The van der Waals surface area contributed by atoms with Crippen molar-refractivity contribution in [3.05, 3.63) is 22.6 Å². The van der Waals surface area contributed by atoms with Crippen molar-refractivity contribution in [3.8, 4) is 0 Å². The lowest BCUT2D eigenvalue weighted by Crippen LogP contribution is -2.34. The molecule has 1 heterocycles. The van der Waals surface area contributed by atoms with Crippen molar-refractivity contribution in [1.29, 1.82) is 0 Å². The van der Waals surface area contributed by atoms with Crippen LogP contribution in [0.3, 0.4) is 0 Å². The Morgan fingerprint density at radius 3 is 2.81 bits per heavy atom. The van der Waals surface area contributed by atoms with Crippen molar-refractivity contribution in [1.82, 2.24) is 10.2 Å². The molecule has 0 radical (unpaired) electrons. The van der Waals surface area contributed by atoms with Gasteiger partial charge in [-0.1, -0.05) is 0 Å². The third-order valence-corrected chi connectivity index (χ3v) is 2.86. The quantitative estimate of drug-likeness (QED) is 0.903. The molecule has 0 saturated heterocycles. The number of hydrogen-bond donors (Lipinski definition) is 1. The largest absolute Gasteiger partial charge is 0.457 e. The van der Waals surface area contributed by atoms with Crippen LogP contribution in [0, 0.1) is 0 Å². The molecule has 1 N–H and O–H groups in total. The van der Waals surface area contributed by atoms with Gasteiger partial charge in [0.05, 0.1) is 11.8 Å². The molecule has 0 saturated carbocycles. The average Bonchev–Trinajstić information content (AvgIpc) is 2.61. The van der Waals surface area contributed by atoms with E-state index >= 15 is 0 Å². The second-order valence-corrected chi connectivity index (χ2v) is 4.79. The van der Waals surface area contributed by atoms with Gasteiger partial charge in [-0.15, -0.1) is 0 Å². The van der Waals surface area contributed by atoms with E-state index in [1.165, 1.54) is 6.26 Å². The third-order valence-electron chi connectivity index (χ3n) is 2.25. The van der Waals surface area contributed by atoms with Crippen LogP contribution < -0.4 is 5.32 Å². The first kappa shape index (κ1) is 13.3. The van der Waals surface area contributed by atoms with Gasteiger partial charge in [0.25, 0.3) is 5.91 Å². The van der Waals surface area contributed by atoms with Gasteiger partial charge < -0.3 is 14.6 Å². The monoisotopic (exact) mass is 288 g/mol. The normalized spacial score (nSPS) is 12.8. The first-order valence-electron chi connectivity index (χ1n) is 5.19. The van der Waals surface area contributed by atoms with E-state index < -0.39 is 0 Å². The summed E-state index contributed by atoms with van der Waals surface area (Å²) in [4.78, 5) is 13.9. The maximum Gasteiger partial charge on any atom is 0.255 e. The highest BCUT2D eigenvalue weighted by Gasteiger charge is 2.14. The molecular formula is C11H17BrN2O2. The van der Waals surface area contributed by atoms with Gasteiger partial charge in [-0.25, -0.2) is 0 Å². The third kappa shape index (κ3) is 3.98. The Hall–Kier alpha value is -0.810. The summed E-state index contributed by atoms with van der Waals surface area (Å²) in [7, 11) is 4.03. The number of nitrogens with zero attached hydrogens (tertiary/aromatic N) is 1. The van der Waals surface area contributed by atoms with Gasteiger partial charge >= 0.3 is 0 Å². The Balaban J connectivity index is 2.43. The van der Waals surface area contributed by atoms with E-state index in [0.717, 1.165) is 13.0 Å². The second-order valence-electron chi connectivity index (χ2n) is 4.07. The summed E-state index contributed by atoms with van der Waals surface area (Å²) >= 11 is 3.18. The van der Waals surface area contributed by atoms with Crippen LogP contribution in [0.4, 0.5) is 0 Å². The maximum absolute atomic E-state index is 11.8. The topological polar surface area (TPSA) is 45.5 Å². The molecule has 1 aromatic rings. The molecule has 0 aliphatic rings.